The number of rotatable bonds is 11. The van der Waals surface area contributed by atoms with Crippen LogP contribution in [0.4, 0.5) is 11.4 Å². The third kappa shape index (κ3) is 7.79. The smallest absolute Gasteiger partial charge is 0.262 e. The van der Waals surface area contributed by atoms with Crippen LogP contribution in [0.5, 0.6) is 23.0 Å². The molecule has 0 aliphatic heterocycles. The molecule has 0 saturated heterocycles. The first-order valence-electron chi connectivity index (χ1n) is 12.1. The number of benzene rings is 4. The summed E-state index contributed by atoms with van der Waals surface area (Å²) in [6.07, 6.45) is 0. The van der Waals surface area contributed by atoms with Crippen molar-refractivity contribution in [2.24, 2.45) is 0 Å². The lowest BCUT2D eigenvalue weighted by Crippen LogP contribution is -2.20. The van der Waals surface area contributed by atoms with Crippen LogP contribution in [0.3, 0.4) is 0 Å². The Morgan fingerprint density at radius 2 is 1.61 bits per heavy atom. The zero-order valence-corrected chi connectivity index (χ0v) is 24.0. The molecule has 0 atom stereocenters. The lowest BCUT2D eigenvalue weighted by atomic mass is 10.2. The van der Waals surface area contributed by atoms with Gasteiger partial charge in [0.05, 0.1) is 10.2 Å². The molecule has 2 N–H and O–H groups in total. The molecule has 0 unspecified atom stereocenters. The van der Waals surface area contributed by atoms with Crippen molar-refractivity contribution in [3.8, 4) is 23.0 Å². The van der Waals surface area contributed by atoms with Gasteiger partial charge in [-0.15, -0.1) is 0 Å². The van der Waals surface area contributed by atoms with Gasteiger partial charge in [0.2, 0.25) is 0 Å². The van der Waals surface area contributed by atoms with Gasteiger partial charge in [0.1, 0.15) is 11.5 Å². The second kappa shape index (κ2) is 13.4. The maximum atomic E-state index is 12.5. The minimum atomic E-state index is -0.284. The van der Waals surface area contributed by atoms with Gasteiger partial charge in [-0.3, -0.25) is 4.79 Å². The molecule has 0 saturated carbocycles. The molecule has 0 fully saturated rings. The number of amides is 1. The van der Waals surface area contributed by atoms with Gasteiger partial charge < -0.3 is 24.8 Å². The SMILES string of the molecule is CCOc1cc(CNc2ccc(Oc3ccccc3)cc2)cc(I)c1OCC(=O)Nc1ccc(C)c(Cl)c1. The molecule has 6 nitrogen and oxygen atoms in total. The summed E-state index contributed by atoms with van der Waals surface area (Å²) in [7, 11) is 0. The number of halogens is 2. The molecule has 4 aromatic carbocycles. The highest BCUT2D eigenvalue weighted by atomic mass is 127. The summed E-state index contributed by atoms with van der Waals surface area (Å²) in [6.45, 7) is 4.72. The quantitative estimate of drug-likeness (QED) is 0.162. The van der Waals surface area contributed by atoms with Gasteiger partial charge in [0, 0.05) is 22.9 Å². The van der Waals surface area contributed by atoms with Crippen molar-refractivity contribution < 1.29 is 19.0 Å². The topological polar surface area (TPSA) is 68.8 Å². The summed E-state index contributed by atoms with van der Waals surface area (Å²) in [5.74, 6) is 2.41. The van der Waals surface area contributed by atoms with E-state index in [-0.39, 0.29) is 12.5 Å². The number of para-hydroxylation sites is 1. The highest BCUT2D eigenvalue weighted by molar-refractivity contribution is 14.1. The molecule has 0 bridgehead atoms. The van der Waals surface area contributed by atoms with Gasteiger partial charge in [0.25, 0.3) is 5.91 Å². The number of hydrogen-bond donors (Lipinski definition) is 2. The van der Waals surface area contributed by atoms with E-state index in [1.807, 2.05) is 86.6 Å². The normalized spacial score (nSPS) is 10.5. The average molecular weight is 643 g/mol. The molecule has 0 aliphatic carbocycles. The van der Waals surface area contributed by atoms with E-state index in [2.05, 4.69) is 33.2 Å². The first kappa shape index (κ1) is 27.6. The van der Waals surface area contributed by atoms with Crippen LogP contribution in [-0.2, 0) is 11.3 Å². The Bertz CT molecular complexity index is 1380. The van der Waals surface area contributed by atoms with Gasteiger partial charge in [-0.05, 0) is 108 Å². The van der Waals surface area contributed by atoms with E-state index in [0.717, 1.165) is 31.9 Å². The minimum absolute atomic E-state index is 0.156. The lowest BCUT2D eigenvalue weighted by molar-refractivity contribution is -0.118. The maximum Gasteiger partial charge on any atom is 0.262 e. The van der Waals surface area contributed by atoms with E-state index in [4.69, 9.17) is 25.8 Å². The number of aryl methyl sites for hydroxylation is 1. The third-order valence-electron chi connectivity index (χ3n) is 5.50. The van der Waals surface area contributed by atoms with Gasteiger partial charge >= 0.3 is 0 Å². The predicted octanol–water partition coefficient (Wildman–Crippen LogP) is 8.07. The highest BCUT2D eigenvalue weighted by Crippen LogP contribution is 2.35. The summed E-state index contributed by atoms with van der Waals surface area (Å²) >= 11 is 8.35. The summed E-state index contributed by atoms with van der Waals surface area (Å²) in [5, 5.41) is 6.83. The first-order valence-corrected chi connectivity index (χ1v) is 13.6. The van der Waals surface area contributed by atoms with Crippen LogP contribution < -0.4 is 24.8 Å². The maximum absolute atomic E-state index is 12.5. The van der Waals surface area contributed by atoms with Gasteiger partial charge in [-0.2, -0.15) is 0 Å². The lowest BCUT2D eigenvalue weighted by Gasteiger charge is -2.16. The van der Waals surface area contributed by atoms with Crippen molar-refractivity contribution in [3.63, 3.8) is 0 Å². The second-order valence-electron chi connectivity index (χ2n) is 8.43. The molecular weight excluding hydrogens is 615 g/mol. The van der Waals surface area contributed by atoms with Crippen molar-refractivity contribution in [1.82, 2.24) is 0 Å². The van der Waals surface area contributed by atoms with E-state index < -0.39 is 0 Å². The van der Waals surface area contributed by atoms with E-state index >= 15 is 0 Å². The second-order valence-corrected chi connectivity index (χ2v) is 10.0. The Labute approximate surface area is 241 Å². The summed E-state index contributed by atoms with van der Waals surface area (Å²) in [4.78, 5) is 12.5. The minimum Gasteiger partial charge on any atom is -0.490 e. The first-order chi connectivity index (χ1) is 18.4. The number of nitrogens with one attached hydrogen (secondary N) is 2. The molecule has 0 heterocycles. The van der Waals surface area contributed by atoms with Crippen LogP contribution >= 0.6 is 34.2 Å². The van der Waals surface area contributed by atoms with Crippen LogP contribution in [0.25, 0.3) is 0 Å². The fourth-order valence-corrected chi connectivity index (χ4v) is 4.60. The van der Waals surface area contributed by atoms with E-state index in [1.54, 1.807) is 12.1 Å². The molecule has 0 radical (unpaired) electrons. The number of carbonyl (C=O) groups excluding carboxylic acids is 1. The zero-order valence-electron chi connectivity index (χ0n) is 21.1. The molecule has 4 aromatic rings. The van der Waals surface area contributed by atoms with Crippen LogP contribution in [0.15, 0.2) is 84.9 Å². The largest absolute Gasteiger partial charge is 0.490 e. The van der Waals surface area contributed by atoms with E-state index in [9.17, 15) is 4.79 Å². The number of carbonyl (C=O) groups is 1. The van der Waals surface area contributed by atoms with Gasteiger partial charge in [-0.25, -0.2) is 0 Å². The standard InChI is InChI=1S/C30H28ClIN2O4/c1-3-36-28-16-21(18-33-22-11-13-25(14-12-22)38-24-7-5-4-6-8-24)15-27(32)30(28)37-19-29(35)34-23-10-9-20(2)26(31)17-23/h4-17,33H,3,18-19H2,1-2H3,(H,34,35). The molecule has 0 spiro atoms. The monoisotopic (exact) mass is 642 g/mol. The fraction of sp³-hybridized carbons (Fsp3) is 0.167. The van der Waals surface area contributed by atoms with E-state index in [1.165, 1.54) is 0 Å². The number of anilines is 2. The molecule has 0 aliphatic rings. The molecule has 38 heavy (non-hydrogen) atoms. The summed E-state index contributed by atoms with van der Waals surface area (Å²) in [6, 6.07) is 26.8. The molecule has 8 heteroatoms. The van der Waals surface area contributed by atoms with Crippen LogP contribution in [0.1, 0.15) is 18.1 Å². The van der Waals surface area contributed by atoms with Crippen molar-refractivity contribution in [3.05, 3.63) is 105 Å². The molecule has 0 aromatic heterocycles. The highest BCUT2D eigenvalue weighted by Gasteiger charge is 2.15. The predicted molar refractivity (Wildman–Crippen MR) is 161 cm³/mol. The number of ether oxygens (including phenoxy) is 3. The molecule has 1 amide bonds. The van der Waals surface area contributed by atoms with E-state index in [0.29, 0.717) is 35.4 Å². The van der Waals surface area contributed by atoms with Crippen molar-refractivity contribution in [2.45, 2.75) is 20.4 Å². The number of hydrogen-bond acceptors (Lipinski definition) is 5. The van der Waals surface area contributed by atoms with Crippen molar-refractivity contribution in [1.29, 1.82) is 0 Å². The van der Waals surface area contributed by atoms with Gasteiger partial charge in [-0.1, -0.05) is 35.9 Å². The Morgan fingerprint density at radius 3 is 2.32 bits per heavy atom. The molecule has 4 rings (SSSR count). The Hall–Kier alpha value is -3.43. The third-order valence-corrected chi connectivity index (χ3v) is 6.71. The average Bonchev–Trinajstić information content (AvgIpc) is 2.91. The van der Waals surface area contributed by atoms with Gasteiger partial charge in [0.15, 0.2) is 18.1 Å². The zero-order chi connectivity index (χ0) is 26.9. The fourth-order valence-electron chi connectivity index (χ4n) is 3.60. The Morgan fingerprint density at radius 1 is 0.895 bits per heavy atom. The van der Waals surface area contributed by atoms with Crippen LogP contribution in [0.2, 0.25) is 5.02 Å². The van der Waals surface area contributed by atoms with Crippen LogP contribution in [0, 0.1) is 10.5 Å². The molecular formula is C30H28ClIN2O4. The van der Waals surface area contributed by atoms with Crippen LogP contribution in [-0.4, -0.2) is 19.1 Å². The Balaban J connectivity index is 1.36. The Kier molecular flexibility index (Phi) is 9.73. The molecule has 196 valence electrons. The summed E-state index contributed by atoms with van der Waals surface area (Å²) < 4.78 is 18.4. The van der Waals surface area contributed by atoms with Crippen molar-refractivity contribution >= 4 is 51.5 Å². The van der Waals surface area contributed by atoms with Crippen molar-refractivity contribution in [2.75, 3.05) is 23.8 Å². The summed E-state index contributed by atoms with van der Waals surface area (Å²) in [5.41, 5.74) is 3.55.